The predicted molar refractivity (Wildman–Crippen MR) is 125 cm³/mol. The third-order valence-corrected chi connectivity index (χ3v) is 10.5. The molecule has 1 aromatic heterocycles. The van der Waals surface area contributed by atoms with Gasteiger partial charge in [-0.05, 0) is 18.1 Å². The molecule has 13 heteroatoms. The minimum absolute atomic E-state index is 0.0543. The number of hydrogen-bond acceptors (Lipinski definition) is 10. The van der Waals surface area contributed by atoms with E-state index < -0.39 is 62.0 Å². The lowest BCUT2D eigenvalue weighted by Gasteiger charge is -2.36. The lowest BCUT2D eigenvalue weighted by atomic mass is 10.1. The maximum atomic E-state index is 12.7. The summed E-state index contributed by atoms with van der Waals surface area (Å²) < 4.78 is 28.7. The molecule has 2 unspecified atom stereocenters. The van der Waals surface area contributed by atoms with E-state index in [4.69, 9.17) is 23.4 Å². The Balaban J connectivity index is 2.48. The smallest absolute Gasteiger partial charge is 0.330 e. The summed E-state index contributed by atoms with van der Waals surface area (Å²) in [5.41, 5.74) is -1.30. The molecule has 1 aliphatic heterocycles. The van der Waals surface area contributed by atoms with Gasteiger partial charge >= 0.3 is 23.6 Å². The van der Waals surface area contributed by atoms with Gasteiger partial charge in [0.1, 0.15) is 12.7 Å². The molecule has 1 saturated heterocycles. The van der Waals surface area contributed by atoms with Crippen LogP contribution in [0, 0.1) is 0 Å². The van der Waals surface area contributed by atoms with E-state index in [0.29, 0.717) is 0 Å². The zero-order valence-electron chi connectivity index (χ0n) is 21.3. The first-order valence-corrected chi connectivity index (χ1v) is 14.1. The highest BCUT2D eigenvalue weighted by Gasteiger charge is 2.51. The number of H-pyrrole nitrogens is 1. The molecule has 1 fully saturated rings. The van der Waals surface area contributed by atoms with Gasteiger partial charge < -0.3 is 23.4 Å². The van der Waals surface area contributed by atoms with Crippen LogP contribution in [0.1, 0.15) is 53.3 Å². The Hall–Kier alpha value is -2.77. The van der Waals surface area contributed by atoms with Crippen molar-refractivity contribution in [1.29, 1.82) is 0 Å². The zero-order chi connectivity index (χ0) is 26.7. The first-order valence-electron chi connectivity index (χ1n) is 11.1. The van der Waals surface area contributed by atoms with Crippen LogP contribution < -0.4 is 11.2 Å². The molecule has 0 amide bonds. The van der Waals surface area contributed by atoms with Crippen molar-refractivity contribution in [2.75, 3.05) is 6.61 Å². The van der Waals surface area contributed by atoms with Gasteiger partial charge in [0.05, 0.1) is 12.2 Å². The summed E-state index contributed by atoms with van der Waals surface area (Å²) in [7, 11) is -2.22. The third-order valence-electron chi connectivity index (χ3n) is 6.05. The number of carbonyl (C=O) groups excluding carboxylic acids is 3. The van der Waals surface area contributed by atoms with Gasteiger partial charge in [0.25, 0.3) is 5.56 Å². The molecule has 1 N–H and O–H groups in total. The van der Waals surface area contributed by atoms with Crippen molar-refractivity contribution in [3.05, 3.63) is 32.6 Å². The van der Waals surface area contributed by atoms with Crippen LogP contribution in [-0.2, 0) is 44.4 Å². The average molecular weight is 515 g/mol. The van der Waals surface area contributed by atoms with Crippen LogP contribution in [0.15, 0.2) is 15.8 Å². The fourth-order valence-corrected chi connectivity index (χ4v) is 4.16. The molecule has 0 radical (unpaired) electrons. The molecule has 35 heavy (non-hydrogen) atoms. The number of nitrogens with zero attached hydrogens (tertiary/aromatic N) is 1. The molecule has 0 spiro atoms. The summed E-state index contributed by atoms with van der Waals surface area (Å²) in [5.74, 6) is -2.01. The molecule has 2 rings (SSSR count). The quantitative estimate of drug-likeness (QED) is 0.306. The van der Waals surface area contributed by atoms with Gasteiger partial charge in [-0.25, -0.2) is 4.79 Å². The lowest BCUT2D eigenvalue weighted by Crippen LogP contribution is -2.43. The number of rotatable bonds is 8. The number of esters is 3. The standard InChI is InChI=1S/C22H34N2O10Si/c1-12(25)30-11-16-17(32-13(2)26)18(33-14(3)27)20(34-16)24-9-15(19(28)23-21(24)29)10-31-35(7,8)22(4,5)6/h9,16-18,20H,10-11H2,1-8H3,(H,23,28,29)/t16-,17?,18?,20-/m1/s1. The molecule has 0 bridgehead atoms. The van der Waals surface area contributed by atoms with Crippen molar-refractivity contribution in [2.45, 2.75) is 90.8 Å². The SMILES string of the molecule is CC(=O)OC[C@H]1O[C@@H](n2cc(CO[Si](C)(C)C(C)(C)C)c(=O)[nH]c2=O)C(OC(C)=O)C1OC(C)=O. The molecule has 2 heterocycles. The van der Waals surface area contributed by atoms with E-state index in [9.17, 15) is 24.0 Å². The number of ether oxygens (including phenoxy) is 4. The van der Waals surface area contributed by atoms with Crippen molar-refractivity contribution >= 4 is 26.2 Å². The Morgan fingerprint density at radius 2 is 1.60 bits per heavy atom. The Bertz CT molecular complexity index is 1070. The Morgan fingerprint density at radius 1 is 1.03 bits per heavy atom. The second kappa shape index (κ2) is 10.9. The number of carbonyl (C=O) groups is 3. The van der Waals surface area contributed by atoms with Gasteiger partial charge in [-0.15, -0.1) is 0 Å². The molecule has 1 aromatic rings. The van der Waals surface area contributed by atoms with Crippen LogP contribution in [-0.4, -0.2) is 60.7 Å². The van der Waals surface area contributed by atoms with E-state index >= 15 is 0 Å². The fraction of sp³-hybridized carbons (Fsp3) is 0.682. The molecule has 12 nitrogen and oxygen atoms in total. The van der Waals surface area contributed by atoms with Crippen molar-refractivity contribution < 1.29 is 37.8 Å². The first kappa shape index (κ1) is 28.5. The Morgan fingerprint density at radius 3 is 2.11 bits per heavy atom. The average Bonchev–Trinajstić information content (AvgIpc) is 3.00. The maximum Gasteiger partial charge on any atom is 0.330 e. The number of hydrogen-bond donors (Lipinski definition) is 1. The van der Waals surface area contributed by atoms with Gasteiger partial charge in [-0.1, -0.05) is 20.8 Å². The fourth-order valence-electron chi connectivity index (χ4n) is 3.21. The van der Waals surface area contributed by atoms with E-state index in [2.05, 4.69) is 25.8 Å². The second-order valence-electron chi connectivity index (χ2n) is 9.89. The van der Waals surface area contributed by atoms with Crippen molar-refractivity contribution in [3.63, 3.8) is 0 Å². The van der Waals surface area contributed by atoms with Crippen LogP contribution >= 0.6 is 0 Å². The van der Waals surface area contributed by atoms with Crippen LogP contribution in [0.2, 0.25) is 18.1 Å². The summed E-state index contributed by atoms with van der Waals surface area (Å²) in [5, 5.41) is -0.107. The van der Waals surface area contributed by atoms with Gasteiger partial charge in [-0.2, -0.15) is 0 Å². The monoisotopic (exact) mass is 514 g/mol. The summed E-state index contributed by atoms with van der Waals surface area (Å²) in [6.07, 6.45) is -3.47. The van der Waals surface area contributed by atoms with Crippen molar-refractivity contribution in [2.24, 2.45) is 0 Å². The van der Waals surface area contributed by atoms with E-state index in [-0.39, 0.29) is 23.8 Å². The van der Waals surface area contributed by atoms with Crippen LogP contribution in [0.25, 0.3) is 0 Å². The first-order chi connectivity index (χ1) is 16.0. The molecule has 196 valence electrons. The van der Waals surface area contributed by atoms with Crippen molar-refractivity contribution in [1.82, 2.24) is 9.55 Å². The van der Waals surface area contributed by atoms with Gasteiger partial charge in [-0.3, -0.25) is 28.7 Å². The van der Waals surface area contributed by atoms with E-state index in [1.54, 1.807) is 0 Å². The largest absolute Gasteiger partial charge is 0.463 e. The minimum atomic E-state index is -2.22. The molecule has 0 saturated carbocycles. The summed E-state index contributed by atoms with van der Waals surface area (Å²) >= 11 is 0. The van der Waals surface area contributed by atoms with E-state index in [0.717, 1.165) is 18.4 Å². The minimum Gasteiger partial charge on any atom is -0.463 e. The van der Waals surface area contributed by atoms with Crippen LogP contribution in [0.5, 0.6) is 0 Å². The summed E-state index contributed by atoms with van der Waals surface area (Å²) in [4.78, 5) is 62.3. The zero-order valence-corrected chi connectivity index (χ0v) is 22.3. The second-order valence-corrected chi connectivity index (χ2v) is 14.7. The Kier molecular flexibility index (Phi) is 8.84. The highest BCUT2D eigenvalue weighted by atomic mass is 28.4. The Labute approximate surface area is 204 Å². The van der Waals surface area contributed by atoms with E-state index in [1.165, 1.54) is 13.1 Å². The maximum absolute atomic E-state index is 12.7. The van der Waals surface area contributed by atoms with Crippen LogP contribution in [0.4, 0.5) is 0 Å². The van der Waals surface area contributed by atoms with Gasteiger partial charge in [0.2, 0.25) is 0 Å². The summed E-state index contributed by atoms with van der Waals surface area (Å²) in [6.45, 7) is 13.3. The van der Waals surface area contributed by atoms with Crippen LogP contribution in [0.3, 0.4) is 0 Å². The highest BCUT2D eigenvalue weighted by molar-refractivity contribution is 6.74. The third kappa shape index (κ3) is 7.12. The number of aromatic amines is 1. The van der Waals surface area contributed by atoms with Gasteiger partial charge in [0, 0.05) is 27.0 Å². The normalized spacial score (nSPS) is 22.5. The molecule has 0 aliphatic carbocycles. The molecular formula is C22H34N2O10Si. The van der Waals surface area contributed by atoms with Crippen molar-refractivity contribution in [3.8, 4) is 0 Å². The number of nitrogens with one attached hydrogen (secondary N) is 1. The van der Waals surface area contributed by atoms with Gasteiger partial charge in [0.15, 0.2) is 26.8 Å². The molecule has 1 aliphatic rings. The molecule has 0 aromatic carbocycles. The lowest BCUT2D eigenvalue weighted by molar-refractivity contribution is -0.166. The molecule has 4 atom stereocenters. The predicted octanol–water partition coefficient (Wildman–Crippen LogP) is 1.38. The van der Waals surface area contributed by atoms with E-state index in [1.807, 2.05) is 13.1 Å². The topological polar surface area (TPSA) is 152 Å². The highest BCUT2D eigenvalue weighted by Crippen LogP contribution is 2.37. The number of aromatic nitrogens is 2. The summed E-state index contributed by atoms with van der Waals surface area (Å²) in [6, 6.07) is 0. The molecular weight excluding hydrogens is 480 g/mol.